The third-order valence-corrected chi connectivity index (χ3v) is 17.5. The smallest absolute Gasteiger partial charge is 0.328 e. The lowest BCUT2D eigenvalue weighted by atomic mass is 9.93. The van der Waals surface area contributed by atoms with Gasteiger partial charge in [0.15, 0.2) is 5.96 Å². The standard InChI is InChI=1S/C64H108N18O15S/c1-9-36(8)48(67)59(92)80-50(34(4)5)60(93)74-42(22-16-26-70-64(68)69)53(86)75-43(28-37-29-71-39-19-11-10-18-38(37)39)55(88)76-44(30-83)56(89)73-40(20-12-14-24-65)52(85)72-41(21-13-15-25-66)54(87)81-51(35(6)7)62(95)82-27-17-23-47(82)58(91)78-46(32-98)57(90)79-49(33(2)3)61(94)77-45(31-84)63(96)97/h10-11,18-19,29,33-37,40-51,83-84,98H,9,12-17,20-28,30-32,65-67H2,1-8H3,(H,72,85)(H,73,89)(H,74,93)(H,75,86)(H,76,88)(H,77,94)(H,78,91)(H,79,90)(H,80,92)(H,81,87)(H,96,97)(H4,68,69,70). The Balaban J connectivity index is 1.92. The number of hydrogen-bond donors (Lipinski definition) is 19. The minimum absolute atomic E-state index is 0.00144. The quantitative estimate of drug-likeness (QED) is 0.0130. The summed E-state index contributed by atoms with van der Waals surface area (Å²) in [6, 6.07) is -9.04. The van der Waals surface area contributed by atoms with Gasteiger partial charge in [0.2, 0.25) is 65.0 Å². The van der Waals surface area contributed by atoms with E-state index < -0.39 is 180 Å². The summed E-state index contributed by atoms with van der Waals surface area (Å²) in [6.07, 6.45) is 3.99. The van der Waals surface area contributed by atoms with Gasteiger partial charge in [-0.3, -0.25) is 62.7 Å². The maximum absolute atomic E-state index is 14.7. The molecule has 23 N–H and O–H groups in total. The minimum atomic E-state index is -1.76. The normalized spacial score (nSPS) is 17.7. The lowest BCUT2D eigenvalue weighted by Gasteiger charge is -2.32. The molecule has 1 saturated heterocycles. The zero-order valence-corrected chi connectivity index (χ0v) is 58.4. The Bertz CT molecular complexity index is 2920. The monoisotopic (exact) mass is 1400 g/mol. The van der Waals surface area contributed by atoms with E-state index in [0.29, 0.717) is 43.4 Å². The molecule has 14 atom stereocenters. The van der Waals surface area contributed by atoms with Crippen molar-refractivity contribution in [2.45, 2.75) is 211 Å². The highest BCUT2D eigenvalue weighted by atomic mass is 32.1. The molecule has 1 fully saturated rings. The predicted octanol–water partition coefficient (Wildman–Crippen LogP) is -3.63. The van der Waals surface area contributed by atoms with E-state index in [2.05, 4.69) is 75.8 Å². The van der Waals surface area contributed by atoms with Crippen LogP contribution in [-0.2, 0) is 57.5 Å². The molecule has 33 nitrogen and oxygen atoms in total. The number of carbonyl (C=O) groups is 12. The van der Waals surface area contributed by atoms with Crippen molar-refractivity contribution in [1.82, 2.24) is 58.1 Å². The molecule has 2 aliphatic rings. The molecule has 98 heavy (non-hydrogen) atoms. The second-order valence-corrected chi connectivity index (χ2v) is 26.2. The number of unbranched alkanes of at least 4 members (excludes halogenated alkanes) is 2. The number of carbonyl (C=O) groups excluding carboxylic acids is 11. The number of nitrogens with zero attached hydrogens (tertiary/aromatic N) is 3. The number of likely N-dealkylation sites (tertiary alicyclic amines) is 1. The highest BCUT2D eigenvalue weighted by Crippen LogP contribution is 2.34. The van der Waals surface area contributed by atoms with E-state index in [1.165, 1.54) is 4.90 Å². The number of carboxylic acids is 1. The average molecular weight is 1400 g/mol. The van der Waals surface area contributed by atoms with Crippen molar-refractivity contribution in [2.75, 3.05) is 45.1 Å². The summed E-state index contributed by atoms with van der Waals surface area (Å²) < 4.78 is 0. The van der Waals surface area contributed by atoms with Gasteiger partial charge in [0, 0.05) is 31.0 Å². The molecule has 0 aliphatic carbocycles. The molecule has 0 radical (unpaired) electrons. The molecule has 0 aromatic heterocycles. The summed E-state index contributed by atoms with van der Waals surface area (Å²) in [5.41, 5.74) is 30.3. The second kappa shape index (κ2) is 42.7. The van der Waals surface area contributed by atoms with Crippen LogP contribution in [0.15, 0.2) is 34.3 Å². The number of aliphatic imine (C=N–C) groups is 2. The van der Waals surface area contributed by atoms with E-state index >= 15 is 0 Å². The van der Waals surface area contributed by atoms with E-state index in [-0.39, 0.29) is 88.8 Å². The highest BCUT2D eigenvalue weighted by molar-refractivity contribution is 7.80. The van der Waals surface area contributed by atoms with Gasteiger partial charge >= 0.3 is 5.97 Å². The summed E-state index contributed by atoms with van der Waals surface area (Å²) >= 11 is 4.25. The second-order valence-electron chi connectivity index (χ2n) is 25.8. The molecule has 2 aliphatic heterocycles. The summed E-state index contributed by atoms with van der Waals surface area (Å²) in [5.74, 6) is -13.4. The van der Waals surface area contributed by atoms with Crippen LogP contribution in [0.2, 0.25) is 0 Å². The van der Waals surface area contributed by atoms with E-state index in [1.54, 1.807) is 78.9 Å². The van der Waals surface area contributed by atoms with Crippen LogP contribution in [0.5, 0.6) is 0 Å². The van der Waals surface area contributed by atoms with E-state index in [1.807, 2.05) is 6.92 Å². The SMILES string of the molecule is CCC(C)C(N)C(=O)NC(C(=O)NC(CCCN=C(N)N)C(=O)NC(CC1C=Nc2ccccc21)C(=O)NC(CO)C(=O)NC(CCCCN)C(=O)NC(CCCCN)C(=O)NC(C(=O)N1CCCC1C(=O)NC(CS)C(=O)NC(C(=O)NC(CO)C(=O)O)C(C)C)C(C)C)C(C)C. The summed E-state index contributed by atoms with van der Waals surface area (Å²) in [7, 11) is 0. The van der Waals surface area contributed by atoms with Gasteiger partial charge in [-0.05, 0) is 119 Å². The van der Waals surface area contributed by atoms with Crippen LogP contribution in [0.25, 0.3) is 0 Å². The summed E-state index contributed by atoms with van der Waals surface area (Å²) in [4.78, 5) is 176. The molecule has 2 heterocycles. The fraction of sp³-hybridized carbons (Fsp3) is 0.688. The third kappa shape index (κ3) is 26.3. The fourth-order valence-corrected chi connectivity index (χ4v) is 11.2. The average Bonchev–Trinajstić information content (AvgIpc) is 1.65. The first-order valence-corrected chi connectivity index (χ1v) is 34.3. The van der Waals surface area contributed by atoms with Gasteiger partial charge in [-0.25, -0.2) is 4.79 Å². The van der Waals surface area contributed by atoms with Gasteiger partial charge in [-0.15, -0.1) is 0 Å². The van der Waals surface area contributed by atoms with Gasteiger partial charge in [-0.1, -0.05) is 80.0 Å². The van der Waals surface area contributed by atoms with Crippen molar-refractivity contribution in [3.05, 3.63) is 29.8 Å². The number of aliphatic carboxylic acids is 1. The lowest BCUT2D eigenvalue weighted by molar-refractivity contribution is -0.144. The zero-order valence-electron chi connectivity index (χ0n) is 57.6. The Kier molecular flexibility index (Phi) is 36.7. The van der Waals surface area contributed by atoms with Crippen molar-refractivity contribution < 1.29 is 72.9 Å². The molecular weight excluding hydrogens is 1290 g/mol. The van der Waals surface area contributed by atoms with Gasteiger partial charge in [0.1, 0.15) is 66.5 Å². The molecule has 1 aromatic carbocycles. The van der Waals surface area contributed by atoms with Gasteiger partial charge in [0.05, 0.1) is 24.9 Å². The third-order valence-electron chi connectivity index (χ3n) is 17.1. The number of aliphatic hydroxyl groups excluding tert-OH is 2. The molecular formula is C64H108N18O15S. The minimum Gasteiger partial charge on any atom is -0.480 e. The fourth-order valence-electron chi connectivity index (χ4n) is 10.9. The number of thiol groups is 1. The Morgan fingerprint density at radius 3 is 1.53 bits per heavy atom. The van der Waals surface area contributed by atoms with Crippen molar-refractivity contribution >= 4 is 101 Å². The van der Waals surface area contributed by atoms with Crippen LogP contribution < -0.4 is 81.8 Å². The number of nitrogens with two attached hydrogens (primary N) is 5. The van der Waals surface area contributed by atoms with Crippen molar-refractivity contribution in [3.8, 4) is 0 Å². The predicted molar refractivity (Wildman–Crippen MR) is 369 cm³/mol. The van der Waals surface area contributed by atoms with Gasteiger partial charge in [-0.2, -0.15) is 12.6 Å². The summed E-state index contributed by atoms with van der Waals surface area (Å²) in [5, 5.41) is 55.6. The van der Waals surface area contributed by atoms with Crippen LogP contribution in [0.1, 0.15) is 144 Å². The maximum atomic E-state index is 14.7. The van der Waals surface area contributed by atoms with Crippen LogP contribution in [-0.4, -0.2) is 221 Å². The Labute approximate surface area is 578 Å². The molecule has 550 valence electrons. The number of benzene rings is 1. The first kappa shape index (κ1) is 84.2. The molecule has 14 unspecified atom stereocenters. The highest BCUT2D eigenvalue weighted by Gasteiger charge is 2.42. The molecule has 0 saturated carbocycles. The number of amides is 11. The van der Waals surface area contributed by atoms with E-state index in [0.717, 1.165) is 0 Å². The number of carboxylic acid groups (broad SMARTS) is 1. The van der Waals surface area contributed by atoms with Crippen molar-refractivity contribution in [3.63, 3.8) is 0 Å². The topological polar surface area (TPSA) is 544 Å². The van der Waals surface area contributed by atoms with Crippen LogP contribution in [0.4, 0.5) is 5.69 Å². The van der Waals surface area contributed by atoms with Gasteiger partial charge in [0.25, 0.3) is 0 Å². The zero-order chi connectivity index (χ0) is 73.5. The largest absolute Gasteiger partial charge is 0.480 e. The number of fused-ring (bicyclic) bond motifs is 1. The Morgan fingerprint density at radius 2 is 1.03 bits per heavy atom. The molecule has 1 aromatic rings. The number of hydrogen-bond acceptors (Lipinski definition) is 20. The molecule has 3 rings (SSSR count). The summed E-state index contributed by atoms with van der Waals surface area (Å²) in [6.45, 7) is 12.2. The van der Waals surface area contributed by atoms with Crippen molar-refractivity contribution in [1.29, 1.82) is 0 Å². The first-order chi connectivity index (χ1) is 46.4. The van der Waals surface area contributed by atoms with Crippen LogP contribution in [0.3, 0.4) is 0 Å². The van der Waals surface area contributed by atoms with E-state index in [4.69, 9.17) is 28.7 Å². The van der Waals surface area contributed by atoms with Crippen LogP contribution >= 0.6 is 12.6 Å². The first-order valence-electron chi connectivity index (χ1n) is 33.6. The number of aliphatic hydroxyl groups is 2. The molecule has 11 amide bonds. The van der Waals surface area contributed by atoms with Crippen molar-refractivity contribution in [2.24, 2.45) is 62.3 Å². The molecule has 34 heteroatoms. The maximum Gasteiger partial charge on any atom is 0.328 e. The number of guanidine groups is 1. The Hall–Kier alpha value is -8.05. The molecule has 0 spiro atoms. The van der Waals surface area contributed by atoms with Crippen LogP contribution in [0, 0.1) is 23.7 Å². The number of rotatable bonds is 44. The Morgan fingerprint density at radius 1 is 0.582 bits per heavy atom. The molecule has 0 bridgehead atoms. The number of nitrogens with one attached hydrogen (secondary N) is 10. The van der Waals surface area contributed by atoms with E-state index in [9.17, 15) is 72.9 Å². The number of para-hydroxylation sites is 1. The lowest BCUT2D eigenvalue weighted by Crippen LogP contribution is -2.62. The van der Waals surface area contributed by atoms with Gasteiger partial charge < -0.3 is 102 Å².